The van der Waals surface area contributed by atoms with E-state index in [0.717, 1.165) is 0 Å². The molecule has 0 aliphatic carbocycles. The minimum atomic E-state index is -0.493. The molecule has 0 atom stereocenters. The smallest absolute Gasteiger partial charge is 0.293 e. The molecule has 27 heavy (non-hydrogen) atoms. The van der Waals surface area contributed by atoms with Gasteiger partial charge in [0.05, 0.1) is 16.5 Å². The Morgan fingerprint density at radius 1 is 1.30 bits per heavy atom. The van der Waals surface area contributed by atoms with E-state index >= 15 is 0 Å². The van der Waals surface area contributed by atoms with Crippen molar-refractivity contribution in [2.45, 2.75) is 19.9 Å². The van der Waals surface area contributed by atoms with Gasteiger partial charge in [-0.15, -0.1) is 0 Å². The van der Waals surface area contributed by atoms with Crippen molar-refractivity contribution in [1.82, 2.24) is 5.32 Å². The van der Waals surface area contributed by atoms with Gasteiger partial charge >= 0.3 is 0 Å². The largest absolute Gasteiger partial charge is 0.490 e. The average molecular weight is 392 g/mol. The molecule has 1 amide bonds. The highest BCUT2D eigenvalue weighted by atomic mass is 35.5. The Kier molecular flexibility index (Phi) is 7.01. The Balaban J connectivity index is 2.10. The molecule has 0 spiro atoms. The Morgan fingerprint density at radius 2 is 2.00 bits per heavy atom. The number of likely N-dealkylation sites (N-methyl/N-ethyl adjacent to an activating group) is 1. The first-order chi connectivity index (χ1) is 12.8. The van der Waals surface area contributed by atoms with Gasteiger partial charge in [0, 0.05) is 24.7 Å². The van der Waals surface area contributed by atoms with Crippen LogP contribution in [0.3, 0.4) is 0 Å². The van der Waals surface area contributed by atoms with Gasteiger partial charge in [-0.1, -0.05) is 23.7 Å². The third kappa shape index (κ3) is 5.59. The zero-order chi connectivity index (χ0) is 20.0. The minimum absolute atomic E-state index is 0.0548. The van der Waals surface area contributed by atoms with E-state index in [4.69, 9.17) is 16.3 Å². The summed E-state index contributed by atoms with van der Waals surface area (Å²) in [6, 6.07) is 11.5. The second kappa shape index (κ2) is 9.23. The summed E-state index contributed by atoms with van der Waals surface area (Å²) in [5.41, 5.74) is 0.523. The monoisotopic (exact) mass is 391 g/mol. The number of hydrogen-bond acceptors (Lipinski definition) is 5. The lowest BCUT2D eigenvalue weighted by molar-refractivity contribution is -0.384. The number of halogens is 1. The summed E-state index contributed by atoms with van der Waals surface area (Å²) in [5.74, 6) is 0.215. The fourth-order valence-electron chi connectivity index (χ4n) is 2.45. The molecular weight excluding hydrogens is 370 g/mol. The maximum absolute atomic E-state index is 12.1. The van der Waals surface area contributed by atoms with Crippen molar-refractivity contribution in [3.8, 4) is 5.75 Å². The van der Waals surface area contributed by atoms with Crippen LogP contribution >= 0.6 is 11.6 Å². The zero-order valence-corrected chi connectivity index (χ0v) is 16.2. The van der Waals surface area contributed by atoms with Crippen LogP contribution in [0.15, 0.2) is 42.5 Å². The molecule has 1 N–H and O–H groups in total. The quantitative estimate of drug-likeness (QED) is 0.545. The number of ether oxygens (including phenoxy) is 1. The summed E-state index contributed by atoms with van der Waals surface area (Å²) in [6.45, 7) is 4.36. The van der Waals surface area contributed by atoms with Gasteiger partial charge in [-0.2, -0.15) is 0 Å². The molecule has 2 aromatic rings. The van der Waals surface area contributed by atoms with E-state index in [9.17, 15) is 14.9 Å². The summed E-state index contributed by atoms with van der Waals surface area (Å²) in [5, 5.41) is 14.7. The maximum Gasteiger partial charge on any atom is 0.293 e. The van der Waals surface area contributed by atoms with Crippen LogP contribution in [0.4, 0.5) is 11.4 Å². The van der Waals surface area contributed by atoms with E-state index in [1.165, 1.54) is 6.07 Å². The summed E-state index contributed by atoms with van der Waals surface area (Å²) in [7, 11) is 1.73. The number of benzene rings is 2. The molecule has 0 saturated heterocycles. The van der Waals surface area contributed by atoms with Gasteiger partial charge in [0.15, 0.2) is 0 Å². The van der Waals surface area contributed by atoms with Gasteiger partial charge in [0.1, 0.15) is 18.0 Å². The Bertz CT molecular complexity index is 826. The molecule has 144 valence electrons. The first-order valence-corrected chi connectivity index (χ1v) is 8.85. The van der Waals surface area contributed by atoms with Gasteiger partial charge in [-0.25, -0.2) is 0 Å². The normalized spacial score (nSPS) is 10.6. The summed E-state index contributed by atoms with van der Waals surface area (Å²) >= 11 is 6.04. The average Bonchev–Trinajstić information content (AvgIpc) is 2.62. The van der Waals surface area contributed by atoms with Crippen molar-refractivity contribution < 1.29 is 14.5 Å². The highest BCUT2D eigenvalue weighted by molar-refractivity contribution is 6.32. The topological polar surface area (TPSA) is 84.7 Å². The molecule has 0 bridgehead atoms. The van der Waals surface area contributed by atoms with Crippen molar-refractivity contribution in [2.75, 3.05) is 25.1 Å². The number of rotatable bonds is 8. The molecule has 0 aliphatic rings. The molecule has 2 aromatic carbocycles. The van der Waals surface area contributed by atoms with Gasteiger partial charge in [0.2, 0.25) is 0 Å². The third-order valence-corrected chi connectivity index (χ3v) is 4.10. The summed E-state index contributed by atoms with van der Waals surface area (Å²) in [6.07, 6.45) is 0. The highest BCUT2D eigenvalue weighted by Gasteiger charge is 2.20. The first kappa shape index (κ1) is 20.5. The van der Waals surface area contributed by atoms with Crippen LogP contribution in [0.25, 0.3) is 0 Å². The summed E-state index contributed by atoms with van der Waals surface area (Å²) < 4.78 is 5.63. The van der Waals surface area contributed by atoms with Crippen LogP contribution in [0.2, 0.25) is 5.02 Å². The number of carbonyl (C=O) groups is 1. The van der Waals surface area contributed by atoms with E-state index in [-0.39, 0.29) is 23.2 Å². The van der Waals surface area contributed by atoms with E-state index in [0.29, 0.717) is 29.6 Å². The predicted molar refractivity (Wildman–Crippen MR) is 106 cm³/mol. The Hall–Kier alpha value is -2.80. The molecule has 0 radical (unpaired) electrons. The molecule has 0 fully saturated rings. The van der Waals surface area contributed by atoms with Crippen molar-refractivity contribution >= 4 is 28.9 Å². The van der Waals surface area contributed by atoms with Gasteiger partial charge in [-0.3, -0.25) is 14.9 Å². The van der Waals surface area contributed by atoms with Crippen LogP contribution in [-0.4, -0.2) is 37.1 Å². The van der Waals surface area contributed by atoms with Crippen LogP contribution in [0, 0.1) is 10.1 Å². The van der Waals surface area contributed by atoms with E-state index in [2.05, 4.69) is 5.32 Å². The maximum atomic E-state index is 12.1. The number of amides is 1. The second-order valence-electron chi connectivity index (χ2n) is 6.29. The second-order valence-corrected chi connectivity index (χ2v) is 6.70. The number of nitrogens with one attached hydrogen (secondary N) is 1. The fourth-order valence-corrected chi connectivity index (χ4v) is 2.64. The lowest BCUT2D eigenvalue weighted by Gasteiger charge is -2.20. The molecule has 0 aliphatic heterocycles. The standard InChI is InChI=1S/C19H22ClN3O4/c1-13(2)21-19(24)14-8-9-16(17(12-14)23(25)26)22(3)10-11-27-18-7-5-4-6-15(18)20/h4-9,12-13H,10-11H2,1-3H3,(H,21,24). The van der Waals surface area contributed by atoms with Crippen LogP contribution in [0.5, 0.6) is 5.75 Å². The number of hydrogen-bond donors (Lipinski definition) is 1. The van der Waals surface area contributed by atoms with Gasteiger partial charge < -0.3 is 15.0 Å². The van der Waals surface area contributed by atoms with Crippen molar-refractivity contribution in [2.24, 2.45) is 0 Å². The Morgan fingerprint density at radius 3 is 2.63 bits per heavy atom. The number of nitro groups is 1. The lowest BCUT2D eigenvalue weighted by Crippen LogP contribution is -2.30. The SMILES string of the molecule is CC(C)NC(=O)c1ccc(N(C)CCOc2ccccc2Cl)c([N+](=O)[O-])c1. The molecule has 0 saturated carbocycles. The van der Waals surface area contributed by atoms with Gasteiger partial charge in [0.25, 0.3) is 11.6 Å². The molecule has 0 heterocycles. The van der Waals surface area contributed by atoms with Crippen LogP contribution < -0.4 is 15.0 Å². The fraction of sp³-hybridized carbons (Fsp3) is 0.316. The van der Waals surface area contributed by atoms with E-state index in [1.807, 2.05) is 26.0 Å². The van der Waals surface area contributed by atoms with Crippen molar-refractivity contribution in [1.29, 1.82) is 0 Å². The number of nitro benzene ring substituents is 1. The Labute approximate surface area is 163 Å². The van der Waals surface area contributed by atoms with Crippen molar-refractivity contribution in [3.05, 3.63) is 63.2 Å². The molecule has 8 heteroatoms. The lowest BCUT2D eigenvalue weighted by atomic mass is 10.1. The molecule has 0 aromatic heterocycles. The first-order valence-electron chi connectivity index (χ1n) is 8.47. The third-order valence-electron chi connectivity index (χ3n) is 3.79. The zero-order valence-electron chi connectivity index (χ0n) is 15.4. The predicted octanol–water partition coefficient (Wildman–Crippen LogP) is 3.90. The summed E-state index contributed by atoms with van der Waals surface area (Å²) in [4.78, 5) is 24.8. The number of anilines is 1. The van der Waals surface area contributed by atoms with Crippen LogP contribution in [0.1, 0.15) is 24.2 Å². The number of para-hydroxylation sites is 1. The molecular formula is C19H22ClN3O4. The van der Waals surface area contributed by atoms with E-state index in [1.54, 1.807) is 36.2 Å². The number of nitrogens with zero attached hydrogens (tertiary/aromatic N) is 2. The number of carbonyl (C=O) groups excluding carboxylic acids is 1. The molecule has 7 nitrogen and oxygen atoms in total. The molecule has 2 rings (SSSR count). The minimum Gasteiger partial charge on any atom is -0.490 e. The van der Waals surface area contributed by atoms with Crippen LogP contribution in [-0.2, 0) is 0 Å². The molecule has 0 unspecified atom stereocenters. The van der Waals surface area contributed by atoms with Crippen molar-refractivity contribution in [3.63, 3.8) is 0 Å². The van der Waals surface area contributed by atoms with Gasteiger partial charge in [-0.05, 0) is 38.1 Å². The highest BCUT2D eigenvalue weighted by Crippen LogP contribution is 2.29. The van der Waals surface area contributed by atoms with E-state index < -0.39 is 4.92 Å².